The van der Waals surface area contributed by atoms with Crippen LogP contribution in [-0.4, -0.2) is 164 Å². The molecule has 0 aliphatic carbocycles. The first-order valence-electron chi connectivity index (χ1n) is 15.6. The minimum atomic E-state index is 0.0935. The van der Waals surface area contributed by atoms with E-state index in [1.54, 1.807) is 0 Å². The van der Waals surface area contributed by atoms with E-state index in [2.05, 4.69) is 125 Å². The molecule has 44 heavy (non-hydrogen) atoms. The van der Waals surface area contributed by atoms with Crippen LogP contribution in [-0.2, 0) is 0 Å². The van der Waals surface area contributed by atoms with E-state index in [1.165, 1.54) is 0 Å². The minimum absolute atomic E-state index is 0.0935. The molecule has 0 spiro atoms. The third kappa shape index (κ3) is 24.3. The molecule has 0 fully saturated rings. The number of quaternary nitrogens is 4. The van der Waals surface area contributed by atoms with Crippen LogP contribution in [0.4, 0.5) is 0 Å². The SMILES string of the molecule is CC/C=C/C[N+](C)(C)CCCN=C(N)/N=C(\N)NC/N=C(\N)NC(N)=NCCC[N+](C)(C)C/C=C/C[N+](C)(C)C[N+](C)(C)C. The number of hydrogen-bond acceptors (Lipinski definition) is 3. The smallest absolute Gasteiger partial charge is 0.218 e. The predicted octanol–water partition coefficient (Wildman–Crippen LogP) is -0.423. The van der Waals surface area contributed by atoms with Gasteiger partial charge in [0.2, 0.25) is 12.6 Å². The number of nitrogens with two attached hydrogens (primary N) is 4. The molecule has 0 saturated heterocycles. The molecule has 0 rings (SSSR count). The molecule has 0 radical (unpaired) electrons. The van der Waals surface area contributed by atoms with Crippen LogP contribution >= 0.6 is 0 Å². The Bertz CT molecular complexity index is 998. The fourth-order valence-corrected chi connectivity index (χ4v) is 4.64. The third-order valence-electron chi connectivity index (χ3n) is 6.57. The second-order valence-electron chi connectivity index (χ2n) is 14.3. The molecular weight excluding hydrogens is 556 g/mol. The molecule has 0 saturated carbocycles. The zero-order valence-corrected chi connectivity index (χ0v) is 29.7. The molecule has 0 atom stereocenters. The highest BCUT2D eigenvalue weighted by Gasteiger charge is 2.22. The first-order valence-corrected chi connectivity index (χ1v) is 15.6. The molecule has 0 aromatic carbocycles. The Balaban J connectivity index is 4.43. The maximum absolute atomic E-state index is 5.97. The van der Waals surface area contributed by atoms with Crippen molar-refractivity contribution in [2.45, 2.75) is 26.2 Å². The number of nitrogens with zero attached hydrogens (tertiary/aromatic N) is 8. The summed E-state index contributed by atoms with van der Waals surface area (Å²) in [7, 11) is 20.1. The Kier molecular flexibility index (Phi) is 18.5. The van der Waals surface area contributed by atoms with E-state index >= 15 is 0 Å². The van der Waals surface area contributed by atoms with Crippen molar-refractivity contribution in [3.8, 4) is 0 Å². The van der Waals surface area contributed by atoms with Crippen LogP contribution in [0.5, 0.6) is 0 Å². The Morgan fingerprint density at radius 3 is 1.61 bits per heavy atom. The van der Waals surface area contributed by atoms with Crippen molar-refractivity contribution in [3.05, 3.63) is 24.3 Å². The summed E-state index contributed by atoms with van der Waals surface area (Å²) in [5.41, 5.74) is 23.6. The van der Waals surface area contributed by atoms with Gasteiger partial charge in [0.05, 0.1) is 89.6 Å². The summed E-state index contributed by atoms with van der Waals surface area (Å²) in [5.74, 6) is 0.562. The highest BCUT2D eigenvalue weighted by atomic mass is 15.5. The molecule has 10 N–H and O–H groups in total. The Labute approximate surface area is 268 Å². The number of aliphatic imine (C=N–C) groups is 4. The Hall–Kier alpha value is -3.20. The summed E-state index contributed by atoms with van der Waals surface area (Å²) < 4.78 is 3.68. The lowest BCUT2D eigenvalue weighted by molar-refractivity contribution is -1.06. The van der Waals surface area contributed by atoms with E-state index in [1.807, 2.05) is 0 Å². The van der Waals surface area contributed by atoms with Crippen molar-refractivity contribution in [3.63, 3.8) is 0 Å². The van der Waals surface area contributed by atoms with Gasteiger partial charge in [0.25, 0.3) is 0 Å². The molecule has 0 aromatic rings. The van der Waals surface area contributed by atoms with Crippen molar-refractivity contribution in [2.24, 2.45) is 42.9 Å². The summed E-state index contributed by atoms with van der Waals surface area (Å²) in [4.78, 5) is 16.8. The van der Waals surface area contributed by atoms with Crippen molar-refractivity contribution in [1.29, 1.82) is 0 Å². The van der Waals surface area contributed by atoms with E-state index in [9.17, 15) is 0 Å². The second kappa shape index (κ2) is 20.0. The van der Waals surface area contributed by atoms with Gasteiger partial charge in [-0.1, -0.05) is 13.0 Å². The van der Waals surface area contributed by atoms with Gasteiger partial charge in [-0.25, -0.2) is 4.99 Å². The normalized spacial score (nSPS) is 15.0. The molecule has 14 nitrogen and oxygen atoms in total. The van der Waals surface area contributed by atoms with E-state index in [-0.39, 0.29) is 30.5 Å². The highest BCUT2D eigenvalue weighted by Crippen LogP contribution is 2.05. The number of hydrogen-bond donors (Lipinski definition) is 6. The summed E-state index contributed by atoms with van der Waals surface area (Å²) in [6, 6.07) is 0. The third-order valence-corrected chi connectivity index (χ3v) is 6.57. The van der Waals surface area contributed by atoms with Crippen LogP contribution in [0.25, 0.3) is 0 Å². The van der Waals surface area contributed by atoms with Crippen LogP contribution in [0.15, 0.2) is 44.3 Å². The molecule has 0 aromatic heterocycles. The van der Waals surface area contributed by atoms with Crippen molar-refractivity contribution in [2.75, 3.05) is 123 Å². The molecular formula is C30H68N14+4. The summed E-state index contributed by atoms with van der Waals surface area (Å²) in [6.07, 6.45) is 11.8. The zero-order chi connectivity index (χ0) is 33.9. The molecule has 0 unspecified atom stereocenters. The molecule has 0 aliphatic heterocycles. The quantitative estimate of drug-likeness (QED) is 0.0284. The van der Waals surface area contributed by atoms with E-state index in [4.69, 9.17) is 22.9 Å². The van der Waals surface area contributed by atoms with Gasteiger partial charge >= 0.3 is 0 Å². The van der Waals surface area contributed by atoms with Gasteiger partial charge < -0.3 is 37.2 Å². The number of allylic oxidation sites excluding steroid dienone is 1. The lowest BCUT2D eigenvalue weighted by Crippen LogP contribution is -2.53. The van der Waals surface area contributed by atoms with Gasteiger partial charge in [0, 0.05) is 25.9 Å². The molecule has 254 valence electrons. The molecule has 14 heteroatoms. The van der Waals surface area contributed by atoms with Crippen molar-refractivity contribution < 1.29 is 17.9 Å². The Morgan fingerprint density at radius 2 is 1.09 bits per heavy atom. The first kappa shape index (κ1) is 40.8. The topological polar surface area (TPSA) is 178 Å². The monoisotopic (exact) mass is 625 g/mol. The number of rotatable bonds is 19. The van der Waals surface area contributed by atoms with E-state index in [0.717, 1.165) is 76.6 Å². The lowest BCUT2D eigenvalue weighted by atomic mass is 10.3. The van der Waals surface area contributed by atoms with Crippen LogP contribution in [0.2, 0.25) is 0 Å². The number of guanidine groups is 4. The standard InChI is InChI=1S/C30H68N14/c1-11-12-13-20-42(5,6)23-16-18-35-27(31)39-29(33)37-25-38-30(34)40-28(32)36-19-17-24-43(7,8)21-14-15-22-44(9,10)26-41(2,3)4/h12-15H,11,16-26H2,1-10H3,(H5,31,33,35,37,39)(H5,32,34,36,38,40)/q+4/b13-12+,15-14+. The average Bonchev–Trinajstić information content (AvgIpc) is 2.86. The molecule has 0 aliphatic rings. The summed E-state index contributed by atoms with van der Waals surface area (Å²) >= 11 is 0. The number of nitrogens with one attached hydrogen (secondary N) is 2. The first-order chi connectivity index (χ1) is 20.3. The summed E-state index contributed by atoms with van der Waals surface area (Å²) in [6.45, 7) is 9.41. The molecule has 0 heterocycles. The summed E-state index contributed by atoms with van der Waals surface area (Å²) in [5, 5.41) is 5.62. The Morgan fingerprint density at radius 1 is 0.614 bits per heavy atom. The van der Waals surface area contributed by atoms with Crippen molar-refractivity contribution >= 4 is 23.8 Å². The highest BCUT2D eigenvalue weighted by molar-refractivity contribution is 5.97. The second-order valence-corrected chi connectivity index (χ2v) is 14.3. The van der Waals surface area contributed by atoms with Crippen LogP contribution in [0.3, 0.4) is 0 Å². The van der Waals surface area contributed by atoms with Gasteiger partial charge in [-0.15, -0.1) is 0 Å². The van der Waals surface area contributed by atoms with Gasteiger partial charge in [0.15, 0.2) is 17.9 Å². The fourth-order valence-electron chi connectivity index (χ4n) is 4.64. The fraction of sp³-hybridized carbons (Fsp3) is 0.733. The van der Waals surface area contributed by atoms with Gasteiger partial charge in [-0.3, -0.25) is 24.3 Å². The largest absolute Gasteiger partial charge is 0.370 e. The minimum Gasteiger partial charge on any atom is -0.370 e. The maximum atomic E-state index is 5.97. The molecule has 0 amide bonds. The van der Waals surface area contributed by atoms with Gasteiger partial charge in [0.1, 0.15) is 13.2 Å². The van der Waals surface area contributed by atoms with Gasteiger partial charge in [-0.05, 0) is 24.6 Å². The predicted molar refractivity (Wildman–Crippen MR) is 189 cm³/mol. The van der Waals surface area contributed by atoms with Crippen molar-refractivity contribution in [1.82, 2.24) is 10.6 Å². The van der Waals surface area contributed by atoms with Crippen LogP contribution in [0, 0.1) is 0 Å². The van der Waals surface area contributed by atoms with Gasteiger partial charge in [-0.2, -0.15) is 4.99 Å². The maximum Gasteiger partial charge on any atom is 0.218 e. The van der Waals surface area contributed by atoms with Crippen LogP contribution < -0.4 is 33.6 Å². The van der Waals surface area contributed by atoms with Crippen LogP contribution in [0.1, 0.15) is 26.2 Å². The van der Waals surface area contributed by atoms with E-state index in [0.29, 0.717) is 13.1 Å². The number of likely N-dealkylation sites (N-methyl/N-ethyl adjacent to an activating group) is 3. The lowest BCUT2D eigenvalue weighted by Gasteiger charge is -2.35. The average molecular weight is 625 g/mol. The molecule has 0 bridgehead atoms. The van der Waals surface area contributed by atoms with E-state index < -0.39 is 0 Å². The zero-order valence-electron chi connectivity index (χ0n) is 29.7.